The Kier molecular flexibility index (Phi) is 7.48. The molecule has 1 aliphatic rings. The molecule has 2 amide bonds. The van der Waals surface area contributed by atoms with E-state index in [4.69, 9.17) is 9.47 Å². The first-order chi connectivity index (χ1) is 16.9. The van der Waals surface area contributed by atoms with E-state index in [1.165, 1.54) is 25.4 Å². The van der Waals surface area contributed by atoms with Gasteiger partial charge in [-0.2, -0.15) is 0 Å². The Labute approximate surface area is 206 Å². The first-order valence-corrected chi connectivity index (χ1v) is 12.0. The van der Waals surface area contributed by atoms with Gasteiger partial charge in [-0.15, -0.1) is 11.3 Å². The van der Waals surface area contributed by atoms with Gasteiger partial charge in [-0.1, -0.05) is 54.6 Å². The van der Waals surface area contributed by atoms with E-state index in [1.54, 1.807) is 17.5 Å². The summed E-state index contributed by atoms with van der Waals surface area (Å²) in [5.41, 5.74) is 4.37. The van der Waals surface area contributed by atoms with Crippen molar-refractivity contribution in [1.29, 1.82) is 0 Å². The fraction of sp³-hybridized carbons (Fsp3) is 0.269. The van der Waals surface area contributed by atoms with Crippen LogP contribution >= 0.6 is 11.3 Å². The minimum Gasteiger partial charge on any atom is -0.480 e. The normalized spacial score (nSPS) is 14.8. The SMILES string of the molecule is CO[C@H](C)[C@H](NC(=O)C(NC(=O)OCC1c2ccccc2-c2ccccc21)c1cccs1)C(=O)O. The van der Waals surface area contributed by atoms with Gasteiger partial charge in [0, 0.05) is 17.9 Å². The Morgan fingerprint density at radius 3 is 2.14 bits per heavy atom. The minimum absolute atomic E-state index is 0.0943. The molecule has 0 saturated heterocycles. The van der Waals surface area contributed by atoms with Crippen LogP contribution in [0.25, 0.3) is 11.1 Å². The number of nitrogens with one attached hydrogen (secondary N) is 2. The molecule has 1 aromatic heterocycles. The lowest BCUT2D eigenvalue weighted by atomic mass is 9.98. The number of thiophene rings is 1. The topological polar surface area (TPSA) is 114 Å². The number of carboxylic acids is 1. The lowest BCUT2D eigenvalue weighted by molar-refractivity contribution is -0.145. The molecular weight excluding hydrogens is 468 g/mol. The van der Waals surface area contributed by atoms with E-state index in [9.17, 15) is 19.5 Å². The van der Waals surface area contributed by atoms with Crippen LogP contribution in [0.1, 0.15) is 34.9 Å². The van der Waals surface area contributed by atoms with Crippen LogP contribution in [-0.4, -0.2) is 48.9 Å². The summed E-state index contributed by atoms with van der Waals surface area (Å²) in [4.78, 5) is 38.0. The van der Waals surface area contributed by atoms with Crippen LogP contribution in [0.2, 0.25) is 0 Å². The summed E-state index contributed by atoms with van der Waals surface area (Å²) < 4.78 is 10.6. The maximum atomic E-state index is 13.0. The lowest BCUT2D eigenvalue weighted by Gasteiger charge is -2.24. The van der Waals surface area contributed by atoms with Gasteiger partial charge in [-0.05, 0) is 40.6 Å². The van der Waals surface area contributed by atoms with Crippen LogP contribution in [0.3, 0.4) is 0 Å². The maximum Gasteiger partial charge on any atom is 0.408 e. The van der Waals surface area contributed by atoms with Crippen LogP contribution in [0, 0.1) is 0 Å². The predicted molar refractivity (Wildman–Crippen MR) is 131 cm³/mol. The number of methoxy groups -OCH3 is 1. The summed E-state index contributed by atoms with van der Waals surface area (Å²) in [6, 6.07) is 17.0. The second-order valence-electron chi connectivity index (χ2n) is 8.18. The number of benzene rings is 2. The summed E-state index contributed by atoms with van der Waals surface area (Å²) in [6.45, 7) is 1.63. The van der Waals surface area contributed by atoms with Gasteiger partial charge in [0.15, 0.2) is 6.04 Å². The van der Waals surface area contributed by atoms with E-state index in [1.807, 2.05) is 48.5 Å². The standard InChI is InChI=1S/C26H26N2O6S/c1-15(33-2)22(25(30)31)27-24(29)23(21-12-7-13-35-21)28-26(32)34-14-20-18-10-5-3-8-16(18)17-9-4-6-11-19(17)20/h3-13,15,20,22-23H,14H2,1-2H3,(H,27,29)(H,28,32)(H,30,31)/t15-,22+,23?/m1/s1. The average Bonchev–Trinajstić information content (AvgIpc) is 3.50. The number of ether oxygens (including phenoxy) is 2. The van der Waals surface area contributed by atoms with Crippen LogP contribution < -0.4 is 10.6 Å². The molecule has 9 heteroatoms. The Bertz CT molecular complexity index is 1170. The zero-order valence-electron chi connectivity index (χ0n) is 19.3. The summed E-state index contributed by atoms with van der Waals surface area (Å²) >= 11 is 1.27. The van der Waals surface area contributed by atoms with Gasteiger partial charge < -0.3 is 25.2 Å². The van der Waals surface area contributed by atoms with Crippen LogP contribution in [0.4, 0.5) is 4.79 Å². The molecule has 3 N–H and O–H groups in total. The van der Waals surface area contributed by atoms with Gasteiger partial charge in [0.25, 0.3) is 0 Å². The summed E-state index contributed by atoms with van der Waals surface area (Å²) in [5.74, 6) is -2.03. The molecule has 4 rings (SSSR count). The van der Waals surface area contributed by atoms with Crippen molar-refractivity contribution in [3.8, 4) is 11.1 Å². The number of hydrogen-bond donors (Lipinski definition) is 3. The van der Waals surface area contributed by atoms with Crippen LogP contribution in [-0.2, 0) is 19.1 Å². The molecule has 0 radical (unpaired) electrons. The van der Waals surface area contributed by atoms with Gasteiger partial charge in [-0.25, -0.2) is 9.59 Å². The zero-order valence-corrected chi connectivity index (χ0v) is 20.1. The van der Waals surface area contributed by atoms with E-state index in [2.05, 4.69) is 10.6 Å². The average molecular weight is 495 g/mol. The second kappa shape index (κ2) is 10.7. The number of fused-ring (bicyclic) bond motifs is 3. The number of amides is 2. The van der Waals surface area contributed by atoms with Gasteiger partial charge in [0.05, 0.1) is 6.10 Å². The summed E-state index contributed by atoms with van der Waals surface area (Å²) in [7, 11) is 1.36. The van der Waals surface area contributed by atoms with E-state index >= 15 is 0 Å². The number of alkyl carbamates (subject to hydrolysis) is 1. The molecule has 35 heavy (non-hydrogen) atoms. The molecule has 1 heterocycles. The highest BCUT2D eigenvalue weighted by Gasteiger charge is 2.33. The minimum atomic E-state index is -1.28. The van der Waals surface area contributed by atoms with E-state index in [0.29, 0.717) is 4.88 Å². The van der Waals surface area contributed by atoms with E-state index < -0.39 is 36.2 Å². The van der Waals surface area contributed by atoms with Crippen LogP contribution in [0.15, 0.2) is 66.0 Å². The highest BCUT2D eigenvalue weighted by Crippen LogP contribution is 2.44. The van der Waals surface area contributed by atoms with Gasteiger partial charge in [0.1, 0.15) is 12.6 Å². The predicted octanol–water partition coefficient (Wildman–Crippen LogP) is 3.93. The molecule has 182 valence electrons. The molecule has 1 unspecified atom stereocenters. The number of rotatable bonds is 9. The Hall–Kier alpha value is -3.69. The molecule has 1 aliphatic carbocycles. The Morgan fingerprint density at radius 1 is 0.971 bits per heavy atom. The van der Waals surface area contributed by atoms with Crippen molar-refractivity contribution in [2.45, 2.75) is 31.0 Å². The molecule has 2 aromatic carbocycles. The van der Waals surface area contributed by atoms with E-state index in [0.717, 1.165) is 22.3 Å². The first-order valence-electron chi connectivity index (χ1n) is 11.1. The second-order valence-corrected chi connectivity index (χ2v) is 9.16. The third-order valence-electron chi connectivity index (χ3n) is 6.10. The fourth-order valence-electron chi connectivity index (χ4n) is 4.23. The fourth-order valence-corrected chi connectivity index (χ4v) is 5.01. The number of hydrogen-bond acceptors (Lipinski definition) is 6. The highest BCUT2D eigenvalue weighted by molar-refractivity contribution is 7.10. The van der Waals surface area contributed by atoms with Crippen molar-refractivity contribution in [2.24, 2.45) is 0 Å². The van der Waals surface area contributed by atoms with Crippen molar-refractivity contribution in [3.05, 3.63) is 82.0 Å². The number of aliphatic carboxylic acids is 1. The molecule has 8 nitrogen and oxygen atoms in total. The molecule has 0 fully saturated rings. The first kappa shape index (κ1) is 24.4. The highest BCUT2D eigenvalue weighted by atomic mass is 32.1. The van der Waals surface area contributed by atoms with Gasteiger partial charge in [0.2, 0.25) is 5.91 Å². The number of carboxylic acid groups (broad SMARTS) is 1. The molecule has 3 aromatic rings. The molecule has 0 spiro atoms. The summed E-state index contributed by atoms with van der Waals surface area (Å²) in [6.07, 6.45) is -1.54. The van der Waals surface area contributed by atoms with E-state index in [-0.39, 0.29) is 12.5 Å². The van der Waals surface area contributed by atoms with Crippen molar-refractivity contribution in [3.63, 3.8) is 0 Å². The zero-order chi connectivity index (χ0) is 24.9. The van der Waals surface area contributed by atoms with Crippen molar-refractivity contribution in [1.82, 2.24) is 10.6 Å². The smallest absolute Gasteiger partial charge is 0.408 e. The number of carbonyl (C=O) groups is 3. The monoisotopic (exact) mass is 494 g/mol. The molecule has 0 bridgehead atoms. The summed E-state index contributed by atoms with van der Waals surface area (Å²) in [5, 5.41) is 16.3. The van der Waals surface area contributed by atoms with Gasteiger partial charge in [-0.3, -0.25) is 4.79 Å². The van der Waals surface area contributed by atoms with Gasteiger partial charge >= 0.3 is 12.1 Å². The third-order valence-corrected chi connectivity index (χ3v) is 7.04. The van der Waals surface area contributed by atoms with Crippen molar-refractivity contribution in [2.75, 3.05) is 13.7 Å². The van der Waals surface area contributed by atoms with Crippen LogP contribution in [0.5, 0.6) is 0 Å². The van der Waals surface area contributed by atoms with Crippen molar-refractivity contribution < 1.29 is 29.0 Å². The molecule has 0 aliphatic heterocycles. The quantitative estimate of drug-likeness (QED) is 0.415. The third kappa shape index (κ3) is 5.21. The number of carbonyl (C=O) groups excluding carboxylic acids is 2. The van der Waals surface area contributed by atoms with Crippen molar-refractivity contribution >= 4 is 29.3 Å². The maximum absolute atomic E-state index is 13.0. The largest absolute Gasteiger partial charge is 0.480 e. The molecular formula is C26H26N2O6S. The Morgan fingerprint density at radius 2 is 1.60 bits per heavy atom. The lowest BCUT2D eigenvalue weighted by Crippen LogP contribution is -2.52. The Balaban J connectivity index is 1.47. The molecule has 3 atom stereocenters. The molecule has 0 saturated carbocycles.